The van der Waals surface area contributed by atoms with Gasteiger partial charge in [-0.1, -0.05) is 29.8 Å². The molecule has 0 radical (unpaired) electrons. The van der Waals surface area contributed by atoms with Crippen molar-refractivity contribution in [1.82, 2.24) is 9.66 Å². The number of aryl methyl sites for hydroxylation is 1. The summed E-state index contributed by atoms with van der Waals surface area (Å²) in [4.78, 5) is 15.6. The Labute approximate surface area is 175 Å². The Balaban J connectivity index is 2.31. The molecule has 3 rings (SSSR count). The molecule has 0 atom stereocenters. The Kier molecular flexibility index (Phi) is 5.66. The lowest BCUT2D eigenvalue weighted by Gasteiger charge is -2.23. The first-order chi connectivity index (χ1) is 13.9. The standard InChI is InChI=1S/C19H15ClF3N3O3S/c1-12-8-14(10-15(20)9-12)18-24-17(19(21,22)23)11-25(18)26(13(2)27)30(28,29)16-6-4-3-5-7-16/h3-11H,1-2H3. The number of halogens is 4. The highest BCUT2D eigenvalue weighted by Gasteiger charge is 2.38. The fourth-order valence-corrected chi connectivity index (χ4v) is 4.52. The van der Waals surface area contributed by atoms with E-state index in [-0.39, 0.29) is 19.9 Å². The first kappa shape index (κ1) is 21.8. The van der Waals surface area contributed by atoms with E-state index in [0.29, 0.717) is 16.4 Å². The Bertz CT molecular complexity index is 1190. The molecule has 0 fully saturated rings. The molecule has 1 aromatic heterocycles. The summed E-state index contributed by atoms with van der Waals surface area (Å²) in [6.07, 6.45) is -4.40. The lowest BCUT2D eigenvalue weighted by molar-refractivity contribution is -0.141. The number of benzene rings is 2. The van der Waals surface area contributed by atoms with Gasteiger partial charge in [-0.15, -0.1) is 4.41 Å². The molecule has 0 saturated carbocycles. The van der Waals surface area contributed by atoms with E-state index in [0.717, 1.165) is 6.92 Å². The molecule has 2 aromatic carbocycles. The van der Waals surface area contributed by atoms with Crippen LogP contribution in [0.25, 0.3) is 11.4 Å². The minimum Gasteiger partial charge on any atom is -0.272 e. The van der Waals surface area contributed by atoms with Crippen molar-refractivity contribution < 1.29 is 26.4 Å². The lowest BCUT2D eigenvalue weighted by Crippen LogP contribution is -2.44. The third-order valence-corrected chi connectivity index (χ3v) is 5.99. The van der Waals surface area contributed by atoms with Crippen LogP contribution < -0.4 is 4.41 Å². The SMILES string of the molecule is CC(=O)N(n1cc(C(F)(F)F)nc1-c1cc(C)cc(Cl)c1)S(=O)(=O)c1ccccc1. The van der Waals surface area contributed by atoms with Crippen molar-refractivity contribution in [2.45, 2.75) is 24.9 Å². The number of rotatable bonds is 4. The summed E-state index contributed by atoms with van der Waals surface area (Å²) in [5.74, 6) is -1.42. The van der Waals surface area contributed by atoms with Crippen molar-refractivity contribution in [3.8, 4) is 11.4 Å². The Morgan fingerprint density at radius 3 is 2.30 bits per heavy atom. The predicted octanol–water partition coefficient (Wildman–Crippen LogP) is 4.40. The van der Waals surface area contributed by atoms with Crippen LogP contribution in [0.4, 0.5) is 13.2 Å². The molecule has 11 heteroatoms. The summed E-state index contributed by atoms with van der Waals surface area (Å²) in [6, 6.07) is 11.3. The number of hydrogen-bond acceptors (Lipinski definition) is 4. The Hall–Kier alpha value is -2.85. The van der Waals surface area contributed by atoms with Gasteiger partial charge in [0.05, 0.1) is 11.1 Å². The third-order valence-electron chi connectivity index (χ3n) is 4.01. The highest BCUT2D eigenvalue weighted by Crippen LogP contribution is 2.33. The lowest BCUT2D eigenvalue weighted by atomic mass is 10.1. The van der Waals surface area contributed by atoms with Crippen LogP contribution in [0.3, 0.4) is 0 Å². The second kappa shape index (κ2) is 7.77. The van der Waals surface area contributed by atoms with Crippen LogP contribution in [-0.2, 0) is 21.0 Å². The number of hydrogen-bond donors (Lipinski definition) is 0. The van der Waals surface area contributed by atoms with E-state index in [9.17, 15) is 26.4 Å². The average Bonchev–Trinajstić information content (AvgIpc) is 3.06. The second-order valence-electron chi connectivity index (χ2n) is 6.39. The molecule has 0 aliphatic carbocycles. The summed E-state index contributed by atoms with van der Waals surface area (Å²) in [5, 5.41) is 0.216. The van der Waals surface area contributed by atoms with Gasteiger partial charge in [0.1, 0.15) is 0 Å². The summed E-state index contributed by atoms with van der Waals surface area (Å²) in [6.45, 7) is 2.59. The van der Waals surface area contributed by atoms with Gasteiger partial charge in [0.25, 0.3) is 15.9 Å². The monoisotopic (exact) mass is 457 g/mol. The van der Waals surface area contributed by atoms with E-state index in [4.69, 9.17) is 11.6 Å². The number of nitrogens with zero attached hydrogens (tertiary/aromatic N) is 3. The Morgan fingerprint density at radius 1 is 1.13 bits per heavy atom. The molecular formula is C19H15ClF3N3O3S. The van der Waals surface area contributed by atoms with Crippen LogP contribution in [0.15, 0.2) is 59.6 Å². The molecule has 3 aromatic rings. The number of sulfonamides is 1. The maximum absolute atomic E-state index is 13.4. The quantitative estimate of drug-likeness (QED) is 0.582. The van der Waals surface area contributed by atoms with Gasteiger partial charge in [0, 0.05) is 17.5 Å². The molecule has 0 N–H and O–H groups in total. The summed E-state index contributed by atoms with van der Waals surface area (Å²) >= 11 is 6.02. The van der Waals surface area contributed by atoms with Gasteiger partial charge in [-0.3, -0.25) is 4.79 Å². The number of alkyl halides is 3. The summed E-state index contributed by atoms with van der Waals surface area (Å²) in [7, 11) is -4.53. The van der Waals surface area contributed by atoms with E-state index in [2.05, 4.69) is 4.98 Å². The van der Waals surface area contributed by atoms with E-state index >= 15 is 0 Å². The number of carbonyl (C=O) groups excluding carboxylic acids is 1. The molecule has 6 nitrogen and oxygen atoms in total. The van der Waals surface area contributed by atoms with Gasteiger partial charge in [-0.2, -0.15) is 21.6 Å². The molecular weight excluding hydrogens is 443 g/mol. The highest BCUT2D eigenvalue weighted by atomic mass is 35.5. The van der Waals surface area contributed by atoms with Crippen molar-refractivity contribution in [3.05, 3.63) is 71.0 Å². The topological polar surface area (TPSA) is 72.3 Å². The summed E-state index contributed by atoms with van der Waals surface area (Å²) < 4.78 is 67.2. The van der Waals surface area contributed by atoms with Crippen LogP contribution in [0.5, 0.6) is 0 Å². The van der Waals surface area contributed by atoms with E-state index < -0.39 is 33.6 Å². The van der Waals surface area contributed by atoms with Crippen LogP contribution >= 0.6 is 11.6 Å². The van der Waals surface area contributed by atoms with Gasteiger partial charge < -0.3 is 0 Å². The van der Waals surface area contributed by atoms with Gasteiger partial charge in [-0.05, 0) is 42.8 Å². The first-order valence-corrected chi connectivity index (χ1v) is 10.3. The molecule has 0 spiro atoms. The smallest absolute Gasteiger partial charge is 0.272 e. The minimum absolute atomic E-state index is 0.116. The molecule has 0 aliphatic rings. The number of amides is 1. The zero-order valence-electron chi connectivity index (χ0n) is 15.7. The van der Waals surface area contributed by atoms with Crippen LogP contribution in [0.2, 0.25) is 5.02 Å². The highest BCUT2D eigenvalue weighted by molar-refractivity contribution is 7.93. The van der Waals surface area contributed by atoms with Gasteiger partial charge in [0.2, 0.25) is 0 Å². The predicted molar refractivity (Wildman–Crippen MR) is 105 cm³/mol. The van der Waals surface area contributed by atoms with Gasteiger partial charge in [-0.25, -0.2) is 9.66 Å². The third kappa shape index (κ3) is 4.19. The van der Waals surface area contributed by atoms with Gasteiger partial charge in [0.15, 0.2) is 11.5 Å². The zero-order valence-corrected chi connectivity index (χ0v) is 17.3. The largest absolute Gasteiger partial charge is 0.434 e. The van der Waals surface area contributed by atoms with Crippen LogP contribution in [-0.4, -0.2) is 24.0 Å². The Morgan fingerprint density at radius 2 is 1.77 bits per heavy atom. The van der Waals surface area contributed by atoms with Crippen LogP contribution in [0, 0.1) is 6.92 Å². The number of aromatic nitrogens is 2. The van der Waals surface area contributed by atoms with E-state index in [1.807, 2.05) is 0 Å². The van der Waals surface area contributed by atoms with E-state index in [1.165, 1.54) is 36.4 Å². The van der Waals surface area contributed by atoms with Crippen molar-refractivity contribution in [2.24, 2.45) is 0 Å². The first-order valence-electron chi connectivity index (χ1n) is 8.46. The summed E-state index contributed by atoms with van der Waals surface area (Å²) in [5.41, 5.74) is -0.629. The normalized spacial score (nSPS) is 12.1. The number of carbonyl (C=O) groups is 1. The molecule has 0 saturated heterocycles. The second-order valence-corrected chi connectivity index (χ2v) is 8.59. The van der Waals surface area contributed by atoms with E-state index in [1.54, 1.807) is 19.1 Å². The van der Waals surface area contributed by atoms with Crippen molar-refractivity contribution in [3.63, 3.8) is 0 Å². The molecule has 0 unspecified atom stereocenters. The zero-order chi connectivity index (χ0) is 22.3. The van der Waals surface area contributed by atoms with Crippen molar-refractivity contribution >= 4 is 27.5 Å². The number of imidazole rings is 1. The van der Waals surface area contributed by atoms with Crippen molar-refractivity contribution in [1.29, 1.82) is 0 Å². The minimum atomic E-state index is -4.87. The molecule has 0 bridgehead atoms. The van der Waals surface area contributed by atoms with Crippen LogP contribution in [0.1, 0.15) is 18.2 Å². The molecule has 1 amide bonds. The molecule has 158 valence electrons. The fraction of sp³-hybridized carbons (Fsp3) is 0.158. The maximum atomic E-state index is 13.4. The molecule has 0 aliphatic heterocycles. The van der Waals surface area contributed by atoms with Gasteiger partial charge >= 0.3 is 6.18 Å². The average molecular weight is 458 g/mol. The fourth-order valence-electron chi connectivity index (χ4n) is 2.84. The maximum Gasteiger partial charge on any atom is 0.434 e. The molecule has 30 heavy (non-hydrogen) atoms. The van der Waals surface area contributed by atoms with Crippen molar-refractivity contribution in [2.75, 3.05) is 4.41 Å². The molecule has 1 heterocycles.